The first-order valence-electron chi connectivity index (χ1n) is 7.24. The zero-order valence-corrected chi connectivity index (χ0v) is 12.0. The van der Waals surface area contributed by atoms with E-state index in [-0.39, 0.29) is 11.4 Å². The second-order valence-corrected chi connectivity index (χ2v) is 5.51. The van der Waals surface area contributed by atoms with Gasteiger partial charge >= 0.3 is 5.97 Å². The molecule has 1 aliphatic rings. The molecule has 1 atom stereocenters. The molecule has 0 heterocycles. The van der Waals surface area contributed by atoms with Crippen molar-refractivity contribution < 1.29 is 14.7 Å². The third-order valence-electron chi connectivity index (χ3n) is 4.05. The molecule has 0 saturated heterocycles. The van der Waals surface area contributed by atoms with Crippen LogP contribution in [0.3, 0.4) is 0 Å². The summed E-state index contributed by atoms with van der Waals surface area (Å²) in [4.78, 5) is 23.1. The first kappa shape index (κ1) is 16.0. The molecule has 110 valence electrons. The van der Waals surface area contributed by atoms with E-state index in [1.165, 1.54) is 6.42 Å². The van der Waals surface area contributed by atoms with Crippen LogP contribution >= 0.6 is 0 Å². The van der Waals surface area contributed by atoms with Crippen molar-refractivity contribution in [2.24, 2.45) is 0 Å². The topological polar surface area (TPSA) is 78.4 Å². The van der Waals surface area contributed by atoms with Gasteiger partial charge in [0.1, 0.15) is 6.04 Å². The van der Waals surface area contributed by atoms with Crippen LogP contribution in [0.2, 0.25) is 0 Å². The highest BCUT2D eigenvalue weighted by molar-refractivity contribution is 5.84. The zero-order chi connectivity index (χ0) is 14.3. The van der Waals surface area contributed by atoms with Crippen molar-refractivity contribution in [3.63, 3.8) is 0 Å². The fourth-order valence-corrected chi connectivity index (χ4v) is 2.84. The van der Waals surface area contributed by atoms with Crippen molar-refractivity contribution in [3.8, 4) is 0 Å². The molecule has 0 aromatic carbocycles. The Hall–Kier alpha value is -1.10. The van der Waals surface area contributed by atoms with Gasteiger partial charge in [0.15, 0.2) is 0 Å². The molecule has 5 nitrogen and oxygen atoms in total. The molecule has 0 spiro atoms. The number of rotatable bonds is 7. The molecule has 0 bridgehead atoms. The molecule has 1 aliphatic carbocycles. The molecule has 5 heteroatoms. The fourth-order valence-electron chi connectivity index (χ4n) is 2.84. The SMILES string of the molecule is CCC[C@@H](NC(=O)CC1(NC)CCCCC1)C(=O)O. The van der Waals surface area contributed by atoms with E-state index in [0.29, 0.717) is 12.8 Å². The number of carboxylic acid groups (broad SMARTS) is 1. The summed E-state index contributed by atoms with van der Waals surface area (Å²) in [5.41, 5.74) is -0.141. The van der Waals surface area contributed by atoms with Gasteiger partial charge in [-0.05, 0) is 26.3 Å². The van der Waals surface area contributed by atoms with Crippen LogP contribution in [-0.4, -0.2) is 35.6 Å². The van der Waals surface area contributed by atoms with E-state index < -0.39 is 12.0 Å². The lowest BCUT2D eigenvalue weighted by Crippen LogP contribution is -2.50. The van der Waals surface area contributed by atoms with Crippen LogP contribution in [0.25, 0.3) is 0 Å². The van der Waals surface area contributed by atoms with Gasteiger partial charge in [0.25, 0.3) is 0 Å². The van der Waals surface area contributed by atoms with E-state index in [9.17, 15) is 9.59 Å². The molecule has 0 radical (unpaired) electrons. The second-order valence-electron chi connectivity index (χ2n) is 5.51. The van der Waals surface area contributed by atoms with Gasteiger partial charge in [0.2, 0.25) is 5.91 Å². The Balaban J connectivity index is 2.54. The van der Waals surface area contributed by atoms with E-state index in [4.69, 9.17) is 5.11 Å². The Morgan fingerprint density at radius 2 is 1.89 bits per heavy atom. The Bertz CT molecular complexity index is 312. The normalized spacial score (nSPS) is 19.7. The summed E-state index contributed by atoms with van der Waals surface area (Å²) in [5.74, 6) is -1.10. The second kappa shape index (κ2) is 7.48. The summed E-state index contributed by atoms with van der Waals surface area (Å²) in [6.45, 7) is 1.92. The number of carboxylic acids is 1. The van der Waals surface area contributed by atoms with Gasteiger partial charge in [-0.25, -0.2) is 4.79 Å². The minimum atomic E-state index is -0.947. The summed E-state index contributed by atoms with van der Waals surface area (Å²) in [5, 5.41) is 15.0. The average molecular weight is 270 g/mol. The van der Waals surface area contributed by atoms with Crippen LogP contribution in [-0.2, 0) is 9.59 Å². The summed E-state index contributed by atoms with van der Waals surface area (Å²) in [7, 11) is 1.89. The summed E-state index contributed by atoms with van der Waals surface area (Å²) >= 11 is 0. The highest BCUT2D eigenvalue weighted by atomic mass is 16.4. The highest BCUT2D eigenvalue weighted by Crippen LogP contribution is 2.30. The van der Waals surface area contributed by atoms with Gasteiger partial charge in [-0.15, -0.1) is 0 Å². The monoisotopic (exact) mass is 270 g/mol. The molecule has 19 heavy (non-hydrogen) atoms. The predicted molar refractivity (Wildman–Crippen MR) is 74.0 cm³/mol. The van der Waals surface area contributed by atoms with Crippen LogP contribution in [0.4, 0.5) is 0 Å². The lowest BCUT2D eigenvalue weighted by molar-refractivity contribution is -0.142. The number of carbonyl (C=O) groups is 2. The quantitative estimate of drug-likeness (QED) is 0.657. The zero-order valence-electron chi connectivity index (χ0n) is 12.0. The third kappa shape index (κ3) is 4.82. The van der Waals surface area contributed by atoms with Gasteiger partial charge in [0.05, 0.1) is 0 Å². The number of amides is 1. The van der Waals surface area contributed by atoms with Gasteiger partial charge in [0, 0.05) is 12.0 Å². The Labute approximate surface area is 115 Å². The number of carbonyl (C=O) groups excluding carboxylic acids is 1. The van der Waals surface area contributed by atoms with Crippen molar-refractivity contribution in [3.05, 3.63) is 0 Å². The summed E-state index contributed by atoms with van der Waals surface area (Å²) < 4.78 is 0. The molecular weight excluding hydrogens is 244 g/mol. The van der Waals surface area contributed by atoms with Crippen LogP contribution in [0.1, 0.15) is 58.3 Å². The standard InChI is InChI=1S/C14H26N2O3/c1-3-7-11(13(18)19)16-12(17)10-14(15-2)8-5-4-6-9-14/h11,15H,3-10H2,1-2H3,(H,16,17)(H,18,19)/t11-/m1/s1. The maximum absolute atomic E-state index is 12.1. The molecule has 0 aromatic rings. The van der Waals surface area contributed by atoms with E-state index in [1.54, 1.807) is 0 Å². The number of hydrogen-bond donors (Lipinski definition) is 3. The molecule has 0 aromatic heterocycles. The van der Waals surface area contributed by atoms with Crippen LogP contribution < -0.4 is 10.6 Å². The molecule has 1 saturated carbocycles. The Kier molecular flexibility index (Phi) is 6.28. The molecule has 1 amide bonds. The number of aliphatic carboxylic acids is 1. The predicted octanol–water partition coefficient (Wildman–Crippen LogP) is 1.67. The molecule has 0 unspecified atom stereocenters. The largest absolute Gasteiger partial charge is 0.480 e. The van der Waals surface area contributed by atoms with E-state index >= 15 is 0 Å². The lowest BCUT2D eigenvalue weighted by atomic mass is 9.79. The molecular formula is C14H26N2O3. The van der Waals surface area contributed by atoms with Crippen molar-refractivity contribution in [1.82, 2.24) is 10.6 Å². The van der Waals surface area contributed by atoms with Gasteiger partial charge < -0.3 is 15.7 Å². The lowest BCUT2D eigenvalue weighted by Gasteiger charge is -2.36. The van der Waals surface area contributed by atoms with Crippen molar-refractivity contribution in [2.75, 3.05) is 7.05 Å². The molecule has 3 N–H and O–H groups in total. The minimum Gasteiger partial charge on any atom is -0.480 e. The van der Waals surface area contributed by atoms with Crippen LogP contribution in [0.5, 0.6) is 0 Å². The molecule has 1 fully saturated rings. The summed E-state index contributed by atoms with van der Waals surface area (Å²) in [6, 6.07) is -0.755. The van der Waals surface area contributed by atoms with Crippen molar-refractivity contribution in [1.29, 1.82) is 0 Å². The number of hydrogen-bond acceptors (Lipinski definition) is 3. The number of nitrogens with one attached hydrogen (secondary N) is 2. The summed E-state index contributed by atoms with van der Waals surface area (Å²) in [6.07, 6.45) is 7.05. The Morgan fingerprint density at radius 3 is 2.37 bits per heavy atom. The highest BCUT2D eigenvalue weighted by Gasteiger charge is 2.33. The first-order valence-corrected chi connectivity index (χ1v) is 7.24. The minimum absolute atomic E-state index is 0.141. The smallest absolute Gasteiger partial charge is 0.326 e. The van der Waals surface area contributed by atoms with Crippen molar-refractivity contribution in [2.45, 2.75) is 69.9 Å². The van der Waals surface area contributed by atoms with E-state index in [2.05, 4.69) is 10.6 Å². The maximum atomic E-state index is 12.1. The van der Waals surface area contributed by atoms with Crippen LogP contribution in [0, 0.1) is 0 Å². The van der Waals surface area contributed by atoms with E-state index in [0.717, 1.165) is 32.1 Å². The maximum Gasteiger partial charge on any atom is 0.326 e. The van der Waals surface area contributed by atoms with Crippen molar-refractivity contribution >= 4 is 11.9 Å². The first-order chi connectivity index (χ1) is 9.03. The third-order valence-corrected chi connectivity index (χ3v) is 4.05. The van der Waals surface area contributed by atoms with E-state index in [1.807, 2.05) is 14.0 Å². The Morgan fingerprint density at radius 1 is 1.26 bits per heavy atom. The van der Waals surface area contributed by atoms with Crippen LogP contribution in [0.15, 0.2) is 0 Å². The fraction of sp³-hybridized carbons (Fsp3) is 0.857. The molecule has 0 aliphatic heterocycles. The van der Waals surface area contributed by atoms with Gasteiger partial charge in [-0.3, -0.25) is 4.79 Å². The van der Waals surface area contributed by atoms with Gasteiger partial charge in [-0.2, -0.15) is 0 Å². The van der Waals surface area contributed by atoms with Gasteiger partial charge in [-0.1, -0.05) is 32.6 Å². The molecule has 1 rings (SSSR count). The average Bonchev–Trinajstić information content (AvgIpc) is 2.39.